The average Bonchev–Trinajstić information content (AvgIpc) is 2.45. The smallest absolute Gasteiger partial charge is 0.151 e. The molecular weight excluding hydrogens is 392 g/mol. The normalized spacial score (nSPS) is 10.0. The SMILES string of the molecule is COc1ccc(NNc2ccc(OC)c(Br)n2)nc1Br. The lowest BCUT2D eigenvalue weighted by Crippen LogP contribution is -2.11. The van der Waals surface area contributed by atoms with Gasteiger partial charge in [0.15, 0.2) is 11.5 Å². The van der Waals surface area contributed by atoms with Crippen LogP contribution in [0.4, 0.5) is 11.6 Å². The van der Waals surface area contributed by atoms with Gasteiger partial charge in [-0.3, -0.25) is 10.9 Å². The van der Waals surface area contributed by atoms with Crippen molar-refractivity contribution in [3.63, 3.8) is 0 Å². The number of anilines is 2. The zero-order chi connectivity index (χ0) is 14.5. The highest BCUT2D eigenvalue weighted by atomic mass is 79.9. The van der Waals surface area contributed by atoms with E-state index in [1.165, 1.54) is 0 Å². The van der Waals surface area contributed by atoms with Crippen LogP contribution in [0.5, 0.6) is 11.5 Å². The van der Waals surface area contributed by atoms with Crippen molar-refractivity contribution in [3.05, 3.63) is 33.5 Å². The first-order valence-corrected chi connectivity index (χ1v) is 7.15. The monoisotopic (exact) mass is 402 g/mol. The second kappa shape index (κ2) is 6.76. The molecule has 106 valence electrons. The van der Waals surface area contributed by atoms with Gasteiger partial charge in [-0.15, -0.1) is 0 Å². The van der Waals surface area contributed by atoms with E-state index in [4.69, 9.17) is 9.47 Å². The maximum atomic E-state index is 5.11. The number of pyridine rings is 2. The second-order valence-corrected chi connectivity index (χ2v) is 5.13. The van der Waals surface area contributed by atoms with Gasteiger partial charge in [0, 0.05) is 0 Å². The van der Waals surface area contributed by atoms with E-state index in [1.807, 2.05) is 0 Å². The first-order chi connectivity index (χ1) is 9.63. The van der Waals surface area contributed by atoms with Gasteiger partial charge in [0.2, 0.25) is 0 Å². The summed E-state index contributed by atoms with van der Waals surface area (Å²) in [5, 5.41) is 0. The van der Waals surface area contributed by atoms with Crippen LogP contribution in [0.2, 0.25) is 0 Å². The molecule has 2 N–H and O–H groups in total. The zero-order valence-corrected chi connectivity index (χ0v) is 13.9. The minimum atomic E-state index is 0.621. The lowest BCUT2D eigenvalue weighted by Gasteiger charge is -2.11. The highest BCUT2D eigenvalue weighted by Crippen LogP contribution is 2.25. The molecule has 8 heteroatoms. The van der Waals surface area contributed by atoms with Crippen molar-refractivity contribution in [2.75, 3.05) is 25.1 Å². The summed E-state index contributed by atoms with van der Waals surface area (Å²) in [6.07, 6.45) is 0. The summed E-state index contributed by atoms with van der Waals surface area (Å²) < 4.78 is 11.5. The van der Waals surface area contributed by atoms with Crippen molar-refractivity contribution in [2.45, 2.75) is 0 Å². The lowest BCUT2D eigenvalue weighted by molar-refractivity contribution is 0.409. The number of hydrazine groups is 1. The Labute approximate surface area is 133 Å². The molecule has 2 aromatic heterocycles. The zero-order valence-electron chi connectivity index (χ0n) is 10.8. The van der Waals surface area contributed by atoms with Crippen molar-refractivity contribution in [1.29, 1.82) is 0 Å². The summed E-state index contributed by atoms with van der Waals surface area (Å²) in [7, 11) is 3.18. The Balaban J connectivity index is 2.05. The van der Waals surface area contributed by atoms with Crippen molar-refractivity contribution >= 4 is 43.5 Å². The maximum Gasteiger partial charge on any atom is 0.151 e. The van der Waals surface area contributed by atoms with Crippen LogP contribution in [0.1, 0.15) is 0 Å². The van der Waals surface area contributed by atoms with E-state index in [0.29, 0.717) is 32.3 Å². The summed E-state index contributed by atoms with van der Waals surface area (Å²) in [6.45, 7) is 0. The van der Waals surface area contributed by atoms with Crippen LogP contribution in [-0.4, -0.2) is 24.2 Å². The van der Waals surface area contributed by atoms with E-state index in [9.17, 15) is 0 Å². The standard InChI is InChI=1S/C12H12Br2N4O2/c1-19-7-3-5-9(15-11(7)13)17-18-10-6-4-8(20-2)12(14)16-10/h3-6H,1-2H3,(H,15,17)(H,16,18). The number of rotatable bonds is 5. The van der Waals surface area contributed by atoms with Gasteiger partial charge < -0.3 is 9.47 Å². The molecular formula is C12H12Br2N4O2. The van der Waals surface area contributed by atoms with E-state index >= 15 is 0 Å². The van der Waals surface area contributed by atoms with Crippen molar-refractivity contribution in [1.82, 2.24) is 9.97 Å². The van der Waals surface area contributed by atoms with Crippen LogP contribution in [0.25, 0.3) is 0 Å². The molecule has 0 bridgehead atoms. The van der Waals surface area contributed by atoms with Gasteiger partial charge in [-0.25, -0.2) is 9.97 Å². The van der Waals surface area contributed by atoms with Crippen LogP contribution in [-0.2, 0) is 0 Å². The molecule has 0 saturated heterocycles. The molecule has 0 aliphatic rings. The summed E-state index contributed by atoms with van der Waals surface area (Å²) in [5.74, 6) is 2.60. The van der Waals surface area contributed by atoms with Crippen LogP contribution in [0.15, 0.2) is 33.5 Å². The number of hydrogen-bond donors (Lipinski definition) is 2. The summed E-state index contributed by atoms with van der Waals surface area (Å²) in [6, 6.07) is 7.18. The van der Waals surface area contributed by atoms with Gasteiger partial charge >= 0.3 is 0 Å². The number of nitrogens with zero attached hydrogens (tertiary/aromatic N) is 2. The molecule has 0 unspecified atom stereocenters. The molecule has 20 heavy (non-hydrogen) atoms. The third-order valence-corrected chi connectivity index (χ3v) is 3.52. The lowest BCUT2D eigenvalue weighted by atomic mass is 10.4. The Hall–Kier alpha value is -1.54. The molecule has 0 amide bonds. The van der Waals surface area contributed by atoms with Gasteiger partial charge in [-0.05, 0) is 56.1 Å². The number of ether oxygens (including phenoxy) is 2. The Kier molecular flexibility index (Phi) is 5.02. The van der Waals surface area contributed by atoms with Gasteiger partial charge in [0.25, 0.3) is 0 Å². The highest BCUT2D eigenvalue weighted by Gasteiger charge is 2.05. The van der Waals surface area contributed by atoms with Gasteiger partial charge in [0.05, 0.1) is 14.2 Å². The average molecular weight is 404 g/mol. The molecule has 0 aliphatic carbocycles. The predicted octanol–water partition coefficient (Wildman–Crippen LogP) is 3.46. The summed E-state index contributed by atoms with van der Waals surface area (Å²) in [5.41, 5.74) is 5.89. The molecule has 0 saturated carbocycles. The van der Waals surface area contributed by atoms with Crippen molar-refractivity contribution < 1.29 is 9.47 Å². The van der Waals surface area contributed by atoms with E-state index < -0.39 is 0 Å². The Morgan fingerprint density at radius 3 is 1.50 bits per heavy atom. The van der Waals surface area contributed by atoms with E-state index in [1.54, 1.807) is 38.5 Å². The van der Waals surface area contributed by atoms with E-state index in [-0.39, 0.29) is 0 Å². The van der Waals surface area contributed by atoms with Crippen molar-refractivity contribution in [3.8, 4) is 11.5 Å². The minimum Gasteiger partial charge on any atom is -0.494 e. The Morgan fingerprint density at radius 1 is 0.800 bits per heavy atom. The predicted molar refractivity (Wildman–Crippen MR) is 84.2 cm³/mol. The number of halogens is 2. The third kappa shape index (κ3) is 3.51. The Morgan fingerprint density at radius 2 is 1.20 bits per heavy atom. The molecule has 2 aromatic rings. The first kappa shape index (κ1) is 14.9. The molecule has 0 fully saturated rings. The van der Waals surface area contributed by atoms with Gasteiger partial charge in [-0.1, -0.05) is 0 Å². The third-order valence-electron chi connectivity index (χ3n) is 2.39. The largest absolute Gasteiger partial charge is 0.494 e. The fourth-order valence-corrected chi connectivity index (χ4v) is 2.38. The summed E-state index contributed by atoms with van der Waals surface area (Å²) in [4.78, 5) is 8.54. The van der Waals surface area contributed by atoms with Crippen LogP contribution in [0.3, 0.4) is 0 Å². The van der Waals surface area contributed by atoms with Crippen LogP contribution >= 0.6 is 31.9 Å². The molecule has 2 heterocycles. The summed E-state index contributed by atoms with van der Waals surface area (Å²) >= 11 is 6.64. The number of hydrogen-bond acceptors (Lipinski definition) is 6. The highest BCUT2D eigenvalue weighted by molar-refractivity contribution is 9.10. The number of aromatic nitrogens is 2. The fraction of sp³-hybridized carbons (Fsp3) is 0.167. The van der Waals surface area contributed by atoms with Gasteiger partial charge in [0.1, 0.15) is 20.8 Å². The minimum absolute atomic E-state index is 0.621. The molecule has 2 rings (SSSR count). The van der Waals surface area contributed by atoms with Crippen molar-refractivity contribution in [2.24, 2.45) is 0 Å². The maximum absolute atomic E-state index is 5.11. The van der Waals surface area contributed by atoms with Gasteiger partial charge in [-0.2, -0.15) is 0 Å². The Bertz CT molecular complexity index is 557. The molecule has 0 aliphatic heterocycles. The van der Waals surface area contributed by atoms with E-state index in [0.717, 1.165) is 0 Å². The molecule has 0 spiro atoms. The fourth-order valence-electron chi connectivity index (χ4n) is 1.41. The van der Waals surface area contributed by atoms with E-state index in [2.05, 4.69) is 52.7 Å². The number of nitrogens with one attached hydrogen (secondary N) is 2. The topological polar surface area (TPSA) is 68.3 Å². The molecule has 0 aromatic carbocycles. The van der Waals surface area contributed by atoms with Crippen LogP contribution in [0, 0.1) is 0 Å². The second-order valence-electron chi connectivity index (χ2n) is 3.63. The molecule has 0 atom stereocenters. The quantitative estimate of drug-likeness (QED) is 0.588. The first-order valence-electron chi connectivity index (χ1n) is 5.57. The molecule has 6 nitrogen and oxygen atoms in total. The van der Waals surface area contributed by atoms with Crippen LogP contribution < -0.4 is 20.3 Å². The molecule has 0 radical (unpaired) electrons. The number of methoxy groups -OCH3 is 2.